The standard InChI is InChI=1S/C20H25ClFN3O2S/c1-20(2,3)28(27)24-17-7-5-6-13-14(17)11-25(4)18(13)19(26)23-12-8-9-16(22)15(21)10-12/h8-11,17,24H,5-7H2,1-4H3,(H,23,26)/t17?,28-/m0/s1. The summed E-state index contributed by atoms with van der Waals surface area (Å²) in [4.78, 5) is 12.9. The third-order valence-electron chi connectivity index (χ3n) is 4.81. The summed E-state index contributed by atoms with van der Waals surface area (Å²) in [7, 11) is 1.82. The summed E-state index contributed by atoms with van der Waals surface area (Å²) in [6.07, 6.45) is 4.48. The largest absolute Gasteiger partial charge is 0.598 e. The number of aryl methyl sites for hydroxylation is 1. The highest BCUT2D eigenvalue weighted by molar-refractivity contribution is 7.90. The van der Waals surface area contributed by atoms with Crippen LogP contribution in [0.1, 0.15) is 61.3 Å². The van der Waals surface area contributed by atoms with Crippen LogP contribution in [0.25, 0.3) is 0 Å². The van der Waals surface area contributed by atoms with E-state index >= 15 is 0 Å². The highest BCUT2D eigenvalue weighted by Gasteiger charge is 2.34. The van der Waals surface area contributed by atoms with Gasteiger partial charge < -0.3 is 14.4 Å². The first kappa shape index (κ1) is 21.2. The Morgan fingerprint density at radius 3 is 2.75 bits per heavy atom. The molecule has 1 aromatic heterocycles. The van der Waals surface area contributed by atoms with Crippen LogP contribution in [-0.4, -0.2) is 19.8 Å². The molecular weight excluding hydrogens is 401 g/mol. The maximum Gasteiger partial charge on any atom is 0.272 e. The van der Waals surface area contributed by atoms with Crippen LogP contribution in [0.2, 0.25) is 5.02 Å². The second-order valence-electron chi connectivity index (χ2n) is 8.05. The molecule has 3 rings (SSSR count). The van der Waals surface area contributed by atoms with Gasteiger partial charge in [0.15, 0.2) is 0 Å². The number of amides is 1. The summed E-state index contributed by atoms with van der Waals surface area (Å²) in [6.45, 7) is 5.78. The van der Waals surface area contributed by atoms with Crippen LogP contribution in [-0.2, 0) is 24.8 Å². The number of fused-ring (bicyclic) bond motifs is 1. The SMILES string of the molecule is Cn1cc2c(c1C(=O)Nc1ccc(F)c(Cl)c1)CCCC2N[S@@+]([O-])C(C)(C)C. The second-order valence-corrected chi connectivity index (χ2v) is 10.5. The van der Waals surface area contributed by atoms with Crippen molar-refractivity contribution in [3.8, 4) is 0 Å². The van der Waals surface area contributed by atoms with Gasteiger partial charge in [-0.15, -0.1) is 4.72 Å². The predicted octanol–water partition coefficient (Wildman–Crippen LogP) is 4.50. The number of anilines is 1. The van der Waals surface area contributed by atoms with Crippen LogP contribution in [0.4, 0.5) is 10.1 Å². The van der Waals surface area contributed by atoms with E-state index in [1.165, 1.54) is 18.2 Å². The van der Waals surface area contributed by atoms with Gasteiger partial charge in [-0.2, -0.15) is 0 Å². The van der Waals surface area contributed by atoms with Crippen molar-refractivity contribution >= 4 is 34.6 Å². The Morgan fingerprint density at radius 1 is 1.39 bits per heavy atom. The lowest BCUT2D eigenvalue weighted by molar-refractivity contribution is 0.101. The topological polar surface area (TPSA) is 69.1 Å². The summed E-state index contributed by atoms with van der Waals surface area (Å²) in [5, 5.41) is 2.75. The number of hydrogen-bond acceptors (Lipinski definition) is 3. The number of carbonyl (C=O) groups is 1. The van der Waals surface area contributed by atoms with Gasteiger partial charge in [-0.1, -0.05) is 11.6 Å². The zero-order chi connectivity index (χ0) is 20.6. The molecule has 0 bridgehead atoms. The van der Waals surface area contributed by atoms with Gasteiger partial charge in [0.05, 0.1) is 11.1 Å². The Morgan fingerprint density at radius 2 is 2.11 bits per heavy atom. The average molecular weight is 426 g/mol. The van der Waals surface area contributed by atoms with E-state index in [4.69, 9.17) is 11.6 Å². The molecule has 0 spiro atoms. The minimum absolute atomic E-state index is 0.0411. The highest BCUT2D eigenvalue weighted by Crippen LogP contribution is 2.35. The molecule has 1 amide bonds. The molecular formula is C20H25ClFN3O2S. The summed E-state index contributed by atoms with van der Waals surface area (Å²) in [5.74, 6) is -0.805. The molecule has 5 nitrogen and oxygen atoms in total. The molecule has 1 aliphatic carbocycles. The van der Waals surface area contributed by atoms with E-state index in [0.29, 0.717) is 11.4 Å². The molecule has 2 aromatic rings. The normalized spacial score (nSPS) is 17.9. The fraction of sp³-hybridized carbons (Fsp3) is 0.450. The first-order chi connectivity index (χ1) is 13.1. The summed E-state index contributed by atoms with van der Waals surface area (Å²) in [6, 6.07) is 4.03. The molecule has 0 fully saturated rings. The Balaban J connectivity index is 1.85. The van der Waals surface area contributed by atoms with Crippen molar-refractivity contribution < 1.29 is 13.7 Å². The molecule has 152 valence electrons. The van der Waals surface area contributed by atoms with Gasteiger partial charge in [0.2, 0.25) is 0 Å². The molecule has 1 aliphatic rings. The number of nitrogens with zero attached hydrogens (tertiary/aromatic N) is 1. The van der Waals surface area contributed by atoms with Crippen LogP contribution in [0.5, 0.6) is 0 Å². The quantitative estimate of drug-likeness (QED) is 0.708. The molecule has 0 radical (unpaired) electrons. The van der Waals surface area contributed by atoms with Crippen LogP contribution in [0, 0.1) is 5.82 Å². The maximum absolute atomic E-state index is 13.3. The molecule has 1 heterocycles. The zero-order valence-electron chi connectivity index (χ0n) is 16.4. The lowest BCUT2D eigenvalue weighted by Gasteiger charge is -2.30. The van der Waals surface area contributed by atoms with Crippen LogP contribution in [0.3, 0.4) is 0 Å². The fourth-order valence-electron chi connectivity index (χ4n) is 3.39. The number of halogens is 2. The number of carbonyl (C=O) groups excluding carboxylic acids is 1. The van der Waals surface area contributed by atoms with E-state index in [-0.39, 0.29) is 21.7 Å². The molecule has 1 unspecified atom stereocenters. The number of benzene rings is 1. The van der Waals surface area contributed by atoms with Gasteiger partial charge in [-0.3, -0.25) is 4.79 Å². The maximum atomic E-state index is 13.3. The van der Waals surface area contributed by atoms with Gasteiger partial charge in [0.1, 0.15) is 16.3 Å². The number of hydrogen-bond donors (Lipinski definition) is 2. The van der Waals surface area contributed by atoms with Gasteiger partial charge in [-0.25, -0.2) is 4.39 Å². The van der Waals surface area contributed by atoms with Crippen LogP contribution in [0.15, 0.2) is 24.4 Å². The van der Waals surface area contributed by atoms with E-state index in [9.17, 15) is 13.7 Å². The number of nitrogens with one attached hydrogen (secondary N) is 2. The van der Waals surface area contributed by atoms with E-state index < -0.39 is 17.2 Å². The summed E-state index contributed by atoms with van der Waals surface area (Å²) < 4.78 is 30.5. The van der Waals surface area contributed by atoms with Crippen molar-refractivity contribution in [2.45, 2.75) is 50.8 Å². The third-order valence-corrected chi connectivity index (χ3v) is 6.71. The monoisotopic (exact) mass is 425 g/mol. The van der Waals surface area contributed by atoms with E-state index in [2.05, 4.69) is 10.0 Å². The van der Waals surface area contributed by atoms with E-state index in [0.717, 1.165) is 30.4 Å². The van der Waals surface area contributed by atoms with Gasteiger partial charge in [-0.05, 0) is 69.4 Å². The third kappa shape index (κ3) is 4.38. The van der Waals surface area contributed by atoms with Crippen molar-refractivity contribution in [3.63, 3.8) is 0 Å². The average Bonchev–Trinajstić information content (AvgIpc) is 2.94. The lowest BCUT2D eigenvalue weighted by Crippen LogP contribution is -2.42. The van der Waals surface area contributed by atoms with Crippen molar-refractivity contribution in [1.29, 1.82) is 0 Å². The molecule has 0 saturated carbocycles. The summed E-state index contributed by atoms with van der Waals surface area (Å²) >= 11 is 4.61. The molecule has 8 heteroatoms. The van der Waals surface area contributed by atoms with Crippen LogP contribution < -0.4 is 10.0 Å². The Kier molecular flexibility index (Phi) is 6.10. The van der Waals surface area contributed by atoms with E-state index in [1.54, 1.807) is 4.57 Å². The van der Waals surface area contributed by atoms with Gasteiger partial charge in [0, 0.05) is 30.3 Å². The Hall–Kier alpha value is -1.54. The molecule has 28 heavy (non-hydrogen) atoms. The summed E-state index contributed by atoms with van der Waals surface area (Å²) in [5.41, 5.74) is 2.96. The van der Waals surface area contributed by atoms with E-state index in [1.807, 2.05) is 34.0 Å². The fourth-order valence-corrected chi connectivity index (χ4v) is 4.43. The Labute approximate surface area is 173 Å². The van der Waals surface area contributed by atoms with Crippen LogP contribution >= 0.6 is 11.6 Å². The minimum Gasteiger partial charge on any atom is -0.598 e. The van der Waals surface area contributed by atoms with Crippen molar-refractivity contribution in [2.75, 3.05) is 5.32 Å². The smallest absolute Gasteiger partial charge is 0.272 e. The minimum atomic E-state index is -1.20. The Bertz CT molecular complexity index is 894. The first-order valence-electron chi connectivity index (χ1n) is 9.20. The predicted molar refractivity (Wildman–Crippen MR) is 111 cm³/mol. The lowest BCUT2D eigenvalue weighted by atomic mass is 9.90. The highest BCUT2D eigenvalue weighted by atomic mass is 35.5. The molecule has 0 aliphatic heterocycles. The first-order valence-corrected chi connectivity index (χ1v) is 10.7. The van der Waals surface area contributed by atoms with Crippen molar-refractivity contribution in [1.82, 2.24) is 9.29 Å². The molecule has 2 N–H and O–H groups in total. The molecule has 0 saturated heterocycles. The number of aromatic nitrogens is 1. The number of rotatable bonds is 4. The molecule has 1 aromatic carbocycles. The van der Waals surface area contributed by atoms with Crippen molar-refractivity contribution in [2.24, 2.45) is 7.05 Å². The second kappa shape index (κ2) is 8.06. The molecule has 2 atom stereocenters. The van der Waals surface area contributed by atoms with Crippen molar-refractivity contribution in [3.05, 3.63) is 52.1 Å². The van der Waals surface area contributed by atoms with Gasteiger partial charge in [0.25, 0.3) is 5.91 Å². The zero-order valence-corrected chi connectivity index (χ0v) is 18.0. The van der Waals surface area contributed by atoms with Gasteiger partial charge >= 0.3 is 0 Å².